The van der Waals surface area contributed by atoms with Gasteiger partial charge in [-0.3, -0.25) is 0 Å². The zero-order valence-corrected chi connectivity index (χ0v) is 11.5. The Hall–Kier alpha value is -0.410. The lowest BCUT2D eigenvalue weighted by Crippen LogP contribution is -2.21. The highest BCUT2D eigenvalue weighted by molar-refractivity contribution is 9.10. The van der Waals surface area contributed by atoms with Crippen molar-refractivity contribution in [2.45, 2.75) is 39.2 Å². The largest absolute Gasteiger partial charge is 0.310 e. The van der Waals surface area contributed by atoms with Gasteiger partial charge in [-0.25, -0.2) is 4.39 Å². The molecule has 1 aromatic carbocycles. The molecule has 90 valence electrons. The maximum absolute atomic E-state index is 13.8. The first kappa shape index (κ1) is 13.7. The highest BCUT2D eigenvalue weighted by Crippen LogP contribution is 2.24. The molecular weight excluding hydrogens is 269 g/mol. The van der Waals surface area contributed by atoms with E-state index in [9.17, 15) is 4.39 Å². The van der Waals surface area contributed by atoms with Gasteiger partial charge in [0.2, 0.25) is 0 Å². The number of halogens is 2. The standard InChI is InChI=1S/C13H19BrFN/c1-3-5-6-13(16-4-2)11-8-7-10(14)9-12(11)15/h7-9,13,16H,3-6H2,1-2H3. The summed E-state index contributed by atoms with van der Waals surface area (Å²) >= 11 is 3.28. The second-order valence-electron chi connectivity index (χ2n) is 3.92. The van der Waals surface area contributed by atoms with Crippen molar-refractivity contribution < 1.29 is 4.39 Å². The average molecular weight is 288 g/mol. The van der Waals surface area contributed by atoms with Crippen LogP contribution in [-0.4, -0.2) is 6.54 Å². The maximum Gasteiger partial charge on any atom is 0.129 e. The second kappa shape index (κ2) is 7.02. The number of hydrogen-bond donors (Lipinski definition) is 1. The Morgan fingerprint density at radius 2 is 2.12 bits per heavy atom. The highest BCUT2D eigenvalue weighted by Gasteiger charge is 2.14. The summed E-state index contributed by atoms with van der Waals surface area (Å²) in [4.78, 5) is 0. The van der Waals surface area contributed by atoms with Crippen molar-refractivity contribution in [3.8, 4) is 0 Å². The fourth-order valence-electron chi connectivity index (χ4n) is 1.81. The van der Waals surface area contributed by atoms with Gasteiger partial charge in [0.15, 0.2) is 0 Å². The predicted molar refractivity (Wildman–Crippen MR) is 70.0 cm³/mol. The summed E-state index contributed by atoms with van der Waals surface area (Å²) in [5, 5.41) is 3.34. The zero-order valence-electron chi connectivity index (χ0n) is 9.89. The summed E-state index contributed by atoms with van der Waals surface area (Å²) in [6.45, 7) is 5.07. The second-order valence-corrected chi connectivity index (χ2v) is 4.83. The average Bonchev–Trinajstić information content (AvgIpc) is 2.25. The van der Waals surface area contributed by atoms with E-state index in [1.807, 2.05) is 12.1 Å². The van der Waals surface area contributed by atoms with E-state index in [4.69, 9.17) is 0 Å². The summed E-state index contributed by atoms with van der Waals surface area (Å²) in [5.41, 5.74) is 0.776. The van der Waals surface area contributed by atoms with Gasteiger partial charge in [0.25, 0.3) is 0 Å². The van der Waals surface area contributed by atoms with E-state index >= 15 is 0 Å². The normalized spacial score (nSPS) is 12.8. The van der Waals surface area contributed by atoms with E-state index in [0.717, 1.165) is 35.8 Å². The highest BCUT2D eigenvalue weighted by atomic mass is 79.9. The summed E-state index contributed by atoms with van der Waals surface area (Å²) in [5.74, 6) is -0.128. The predicted octanol–water partition coefficient (Wildman–Crippen LogP) is 4.43. The van der Waals surface area contributed by atoms with E-state index in [1.54, 1.807) is 0 Å². The Morgan fingerprint density at radius 1 is 1.38 bits per heavy atom. The van der Waals surface area contributed by atoms with Crippen LogP contribution < -0.4 is 5.32 Å². The van der Waals surface area contributed by atoms with Gasteiger partial charge < -0.3 is 5.32 Å². The van der Waals surface area contributed by atoms with Crippen molar-refractivity contribution >= 4 is 15.9 Å². The van der Waals surface area contributed by atoms with E-state index in [2.05, 4.69) is 35.1 Å². The Labute approximate surface area is 106 Å². The zero-order chi connectivity index (χ0) is 12.0. The van der Waals surface area contributed by atoms with Crippen molar-refractivity contribution in [1.82, 2.24) is 5.32 Å². The fraction of sp³-hybridized carbons (Fsp3) is 0.538. The van der Waals surface area contributed by atoms with Crippen molar-refractivity contribution in [1.29, 1.82) is 0 Å². The van der Waals surface area contributed by atoms with E-state index in [1.165, 1.54) is 6.07 Å². The van der Waals surface area contributed by atoms with Crippen LogP contribution in [0.4, 0.5) is 4.39 Å². The third-order valence-electron chi connectivity index (χ3n) is 2.63. The molecule has 1 aromatic rings. The summed E-state index contributed by atoms with van der Waals surface area (Å²) in [6, 6.07) is 5.43. The molecule has 0 fully saturated rings. The van der Waals surface area contributed by atoms with Gasteiger partial charge in [0.05, 0.1) is 0 Å². The Balaban J connectivity index is 2.82. The van der Waals surface area contributed by atoms with Crippen LogP contribution in [-0.2, 0) is 0 Å². The summed E-state index contributed by atoms with van der Waals surface area (Å²) < 4.78 is 14.6. The van der Waals surface area contributed by atoms with Crippen molar-refractivity contribution in [3.05, 3.63) is 34.1 Å². The van der Waals surface area contributed by atoms with Crippen LogP contribution in [0.15, 0.2) is 22.7 Å². The molecule has 1 atom stereocenters. The fourth-order valence-corrected chi connectivity index (χ4v) is 2.14. The maximum atomic E-state index is 13.8. The Morgan fingerprint density at radius 3 is 2.69 bits per heavy atom. The number of rotatable bonds is 6. The van der Waals surface area contributed by atoms with Gasteiger partial charge in [0, 0.05) is 16.1 Å². The molecule has 0 aromatic heterocycles. The van der Waals surface area contributed by atoms with E-state index in [-0.39, 0.29) is 11.9 Å². The molecule has 0 heterocycles. The lowest BCUT2D eigenvalue weighted by Gasteiger charge is -2.18. The summed E-state index contributed by atoms with van der Waals surface area (Å²) in [6.07, 6.45) is 3.25. The van der Waals surface area contributed by atoms with Crippen LogP contribution in [0.25, 0.3) is 0 Å². The van der Waals surface area contributed by atoms with Gasteiger partial charge in [0.1, 0.15) is 5.82 Å². The number of unbranched alkanes of at least 4 members (excludes halogenated alkanes) is 1. The molecule has 0 aliphatic heterocycles. The van der Waals surface area contributed by atoms with Crippen LogP contribution >= 0.6 is 15.9 Å². The molecule has 1 N–H and O–H groups in total. The third-order valence-corrected chi connectivity index (χ3v) is 3.13. The minimum atomic E-state index is -0.128. The van der Waals surface area contributed by atoms with Crippen LogP contribution in [0, 0.1) is 5.82 Å². The molecule has 0 aliphatic carbocycles. The molecule has 0 radical (unpaired) electrons. The lowest BCUT2D eigenvalue weighted by atomic mass is 10.0. The molecule has 1 rings (SSSR count). The Bertz CT molecular complexity index is 328. The van der Waals surface area contributed by atoms with Gasteiger partial charge in [-0.15, -0.1) is 0 Å². The number of benzene rings is 1. The van der Waals surface area contributed by atoms with Crippen molar-refractivity contribution in [3.63, 3.8) is 0 Å². The SMILES string of the molecule is CCCCC(NCC)c1ccc(Br)cc1F. The molecule has 1 unspecified atom stereocenters. The minimum absolute atomic E-state index is 0.128. The molecule has 0 amide bonds. The molecule has 1 nitrogen and oxygen atoms in total. The topological polar surface area (TPSA) is 12.0 Å². The monoisotopic (exact) mass is 287 g/mol. The minimum Gasteiger partial charge on any atom is -0.310 e. The molecule has 0 bridgehead atoms. The smallest absolute Gasteiger partial charge is 0.129 e. The van der Waals surface area contributed by atoms with Crippen LogP contribution in [0.1, 0.15) is 44.7 Å². The van der Waals surface area contributed by atoms with Gasteiger partial charge in [-0.05, 0) is 25.1 Å². The molecule has 0 saturated carbocycles. The summed E-state index contributed by atoms with van der Waals surface area (Å²) in [7, 11) is 0. The van der Waals surface area contributed by atoms with Gasteiger partial charge in [-0.2, -0.15) is 0 Å². The van der Waals surface area contributed by atoms with Gasteiger partial charge in [-0.1, -0.05) is 48.7 Å². The third kappa shape index (κ3) is 3.87. The van der Waals surface area contributed by atoms with Crippen LogP contribution in [0.2, 0.25) is 0 Å². The first-order valence-corrected chi connectivity index (χ1v) is 6.66. The van der Waals surface area contributed by atoms with Crippen molar-refractivity contribution in [2.75, 3.05) is 6.54 Å². The molecular formula is C13H19BrFN. The number of hydrogen-bond acceptors (Lipinski definition) is 1. The quantitative estimate of drug-likeness (QED) is 0.816. The van der Waals surface area contributed by atoms with Gasteiger partial charge >= 0.3 is 0 Å². The molecule has 0 spiro atoms. The Kier molecular flexibility index (Phi) is 5.99. The first-order chi connectivity index (χ1) is 7.69. The van der Waals surface area contributed by atoms with E-state index < -0.39 is 0 Å². The first-order valence-electron chi connectivity index (χ1n) is 5.87. The lowest BCUT2D eigenvalue weighted by molar-refractivity contribution is 0.470. The molecule has 0 aliphatic rings. The molecule has 0 saturated heterocycles. The van der Waals surface area contributed by atoms with Crippen molar-refractivity contribution in [2.24, 2.45) is 0 Å². The van der Waals surface area contributed by atoms with Crippen LogP contribution in [0.3, 0.4) is 0 Å². The molecule has 16 heavy (non-hydrogen) atoms. The molecule has 3 heteroatoms. The van der Waals surface area contributed by atoms with E-state index in [0.29, 0.717) is 0 Å². The number of nitrogens with one attached hydrogen (secondary N) is 1. The van der Waals surface area contributed by atoms with Crippen LogP contribution in [0.5, 0.6) is 0 Å².